The normalized spacial score (nSPS) is 10.6. The molecular formula is C16H12BrN3. The van der Waals surface area contributed by atoms with Crippen LogP contribution < -0.4 is 5.73 Å². The molecule has 2 aromatic carbocycles. The van der Waals surface area contributed by atoms with Gasteiger partial charge in [0.1, 0.15) is 0 Å². The SMILES string of the molecule is N#Cc1ccc2ccn(Cc3ccc(Br)cc3N)c2c1. The molecule has 0 radical (unpaired) electrons. The number of hydrogen-bond donors (Lipinski definition) is 1. The molecule has 98 valence electrons. The predicted octanol–water partition coefficient (Wildman–Crippen LogP) is 3.91. The molecule has 0 saturated carbocycles. The smallest absolute Gasteiger partial charge is 0.0992 e. The molecule has 1 heterocycles. The molecule has 1 aromatic heterocycles. The molecule has 0 aliphatic carbocycles. The largest absolute Gasteiger partial charge is 0.398 e. The summed E-state index contributed by atoms with van der Waals surface area (Å²) in [7, 11) is 0. The van der Waals surface area contributed by atoms with Crippen LogP contribution in [0.4, 0.5) is 5.69 Å². The molecule has 4 heteroatoms. The molecule has 3 rings (SSSR count). The molecule has 0 saturated heterocycles. The summed E-state index contributed by atoms with van der Waals surface area (Å²) in [6.07, 6.45) is 2.02. The van der Waals surface area contributed by atoms with Crippen LogP contribution in [0.3, 0.4) is 0 Å². The van der Waals surface area contributed by atoms with Gasteiger partial charge < -0.3 is 10.3 Å². The number of halogens is 1. The van der Waals surface area contributed by atoms with Gasteiger partial charge in [-0.1, -0.05) is 28.1 Å². The third-order valence-corrected chi connectivity index (χ3v) is 3.84. The fourth-order valence-electron chi connectivity index (χ4n) is 2.28. The number of aromatic nitrogens is 1. The van der Waals surface area contributed by atoms with E-state index < -0.39 is 0 Å². The fraction of sp³-hybridized carbons (Fsp3) is 0.0625. The Morgan fingerprint density at radius 3 is 2.75 bits per heavy atom. The minimum absolute atomic E-state index is 0.668. The fourth-order valence-corrected chi connectivity index (χ4v) is 2.66. The maximum Gasteiger partial charge on any atom is 0.0992 e. The van der Waals surface area contributed by atoms with Crippen molar-refractivity contribution in [2.75, 3.05) is 5.73 Å². The summed E-state index contributed by atoms with van der Waals surface area (Å²) >= 11 is 3.41. The van der Waals surface area contributed by atoms with Crippen LogP contribution in [0.15, 0.2) is 53.1 Å². The molecule has 3 aromatic rings. The third-order valence-electron chi connectivity index (χ3n) is 3.35. The van der Waals surface area contributed by atoms with Crippen molar-refractivity contribution in [3.8, 4) is 6.07 Å². The lowest BCUT2D eigenvalue weighted by Gasteiger charge is -2.09. The van der Waals surface area contributed by atoms with Gasteiger partial charge in [-0.2, -0.15) is 5.26 Å². The van der Waals surface area contributed by atoms with Gasteiger partial charge in [-0.25, -0.2) is 0 Å². The van der Waals surface area contributed by atoms with Crippen molar-refractivity contribution in [3.05, 3.63) is 64.3 Å². The molecule has 0 aliphatic heterocycles. The van der Waals surface area contributed by atoms with Crippen LogP contribution in [0.5, 0.6) is 0 Å². The molecular weight excluding hydrogens is 314 g/mol. The summed E-state index contributed by atoms with van der Waals surface area (Å²) in [6.45, 7) is 0.692. The highest BCUT2D eigenvalue weighted by Crippen LogP contribution is 2.23. The van der Waals surface area contributed by atoms with Crippen LogP contribution in [-0.4, -0.2) is 4.57 Å². The van der Waals surface area contributed by atoms with Crippen LogP contribution in [-0.2, 0) is 6.54 Å². The Morgan fingerprint density at radius 1 is 1.15 bits per heavy atom. The number of nitrogens with zero attached hydrogens (tertiary/aromatic N) is 2. The molecule has 0 unspecified atom stereocenters. The summed E-state index contributed by atoms with van der Waals surface area (Å²) in [5, 5.41) is 10.1. The minimum atomic E-state index is 0.668. The maximum atomic E-state index is 9.01. The highest BCUT2D eigenvalue weighted by atomic mass is 79.9. The molecule has 0 bridgehead atoms. The van der Waals surface area contributed by atoms with E-state index in [1.807, 2.05) is 48.7 Å². The lowest BCUT2D eigenvalue weighted by molar-refractivity contribution is 0.839. The first-order valence-electron chi connectivity index (χ1n) is 6.20. The summed E-state index contributed by atoms with van der Waals surface area (Å²) in [4.78, 5) is 0. The predicted molar refractivity (Wildman–Crippen MR) is 84.3 cm³/mol. The lowest BCUT2D eigenvalue weighted by atomic mass is 10.1. The average Bonchev–Trinajstić information content (AvgIpc) is 2.84. The highest BCUT2D eigenvalue weighted by molar-refractivity contribution is 9.10. The quantitative estimate of drug-likeness (QED) is 0.726. The Labute approximate surface area is 125 Å². The number of fused-ring (bicyclic) bond motifs is 1. The molecule has 2 N–H and O–H groups in total. The van der Waals surface area contributed by atoms with Crippen molar-refractivity contribution in [2.45, 2.75) is 6.54 Å². The first-order valence-corrected chi connectivity index (χ1v) is 6.99. The number of nitrogen functional groups attached to an aromatic ring is 1. The molecule has 0 fully saturated rings. The van der Waals surface area contributed by atoms with E-state index in [0.717, 1.165) is 26.6 Å². The van der Waals surface area contributed by atoms with Crippen molar-refractivity contribution < 1.29 is 0 Å². The number of anilines is 1. The molecule has 3 nitrogen and oxygen atoms in total. The van der Waals surface area contributed by atoms with Gasteiger partial charge in [0.05, 0.1) is 11.6 Å². The van der Waals surface area contributed by atoms with Gasteiger partial charge in [0.2, 0.25) is 0 Å². The zero-order valence-electron chi connectivity index (χ0n) is 10.7. The van der Waals surface area contributed by atoms with Crippen LogP contribution >= 0.6 is 15.9 Å². The average molecular weight is 326 g/mol. The van der Waals surface area contributed by atoms with Gasteiger partial charge >= 0.3 is 0 Å². The number of rotatable bonds is 2. The monoisotopic (exact) mass is 325 g/mol. The molecule has 20 heavy (non-hydrogen) atoms. The highest BCUT2D eigenvalue weighted by Gasteiger charge is 2.05. The summed E-state index contributed by atoms with van der Waals surface area (Å²) in [5.74, 6) is 0. The number of nitrogens with two attached hydrogens (primary N) is 1. The van der Waals surface area contributed by atoms with E-state index >= 15 is 0 Å². The number of hydrogen-bond acceptors (Lipinski definition) is 2. The van der Waals surface area contributed by atoms with Gasteiger partial charge in [0.25, 0.3) is 0 Å². The zero-order valence-corrected chi connectivity index (χ0v) is 12.3. The summed E-state index contributed by atoms with van der Waals surface area (Å²) in [6, 6.07) is 15.8. The third kappa shape index (κ3) is 2.28. The van der Waals surface area contributed by atoms with E-state index in [4.69, 9.17) is 11.0 Å². The maximum absolute atomic E-state index is 9.01. The summed E-state index contributed by atoms with van der Waals surface area (Å²) in [5.41, 5.74) is 9.58. The van der Waals surface area contributed by atoms with Gasteiger partial charge in [-0.15, -0.1) is 0 Å². The van der Waals surface area contributed by atoms with Crippen molar-refractivity contribution in [1.82, 2.24) is 4.57 Å². The van der Waals surface area contributed by atoms with E-state index in [9.17, 15) is 0 Å². The topological polar surface area (TPSA) is 54.7 Å². The van der Waals surface area contributed by atoms with Gasteiger partial charge in [-0.05, 0) is 41.3 Å². The molecule has 0 atom stereocenters. The second-order valence-corrected chi connectivity index (χ2v) is 5.59. The Hall–Kier alpha value is -2.25. The Balaban J connectivity index is 2.04. The Kier molecular flexibility index (Phi) is 3.21. The van der Waals surface area contributed by atoms with E-state index in [1.54, 1.807) is 0 Å². The van der Waals surface area contributed by atoms with Crippen LogP contribution in [0.25, 0.3) is 10.9 Å². The first kappa shape index (κ1) is 12.8. The minimum Gasteiger partial charge on any atom is -0.398 e. The molecule has 0 aliphatic rings. The molecule has 0 spiro atoms. The lowest BCUT2D eigenvalue weighted by Crippen LogP contribution is -2.01. The summed E-state index contributed by atoms with van der Waals surface area (Å²) < 4.78 is 3.08. The number of nitriles is 1. The second-order valence-electron chi connectivity index (χ2n) is 4.67. The Bertz CT molecular complexity index is 827. The standard InChI is InChI=1S/C16H12BrN3/c17-14-4-3-13(15(19)8-14)10-20-6-5-12-2-1-11(9-18)7-16(12)20/h1-8H,10,19H2. The van der Waals surface area contributed by atoms with Gasteiger partial charge in [-0.3, -0.25) is 0 Å². The Morgan fingerprint density at radius 2 is 2.00 bits per heavy atom. The van der Waals surface area contributed by atoms with Gasteiger partial charge in [0.15, 0.2) is 0 Å². The first-order chi connectivity index (χ1) is 9.67. The van der Waals surface area contributed by atoms with Crippen LogP contribution in [0.1, 0.15) is 11.1 Å². The van der Waals surface area contributed by atoms with Gasteiger partial charge in [0, 0.05) is 28.4 Å². The van der Waals surface area contributed by atoms with E-state index in [-0.39, 0.29) is 0 Å². The number of benzene rings is 2. The van der Waals surface area contributed by atoms with Crippen molar-refractivity contribution in [3.63, 3.8) is 0 Å². The zero-order chi connectivity index (χ0) is 14.1. The van der Waals surface area contributed by atoms with Crippen LogP contribution in [0.2, 0.25) is 0 Å². The van der Waals surface area contributed by atoms with Crippen molar-refractivity contribution >= 4 is 32.5 Å². The van der Waals surface area contributed by atoms with E-state index in [0.29, 0.717) is 12.1 Å². The van der Waals surface area contributed by atoms with E-state index in [1.165, 1.54) is 0 Å². The second kappa shape index (κ2) is 5.03. The van der Waals surface area contributed by atoms with Crippen molar-refractivity contribution in [2.24, 2.45) is 0 Å². The molecule has 0 amide bonds. The van der Waals surface area contributed by atoms with E-state index in [2.05, 4.69) is 26.6 Å². The van der Waals surface area contributed by atoms with Crippen molar-refractivity contribution in [1.29, 1.82) is 5.26 Å². The van der Waals surface area contributed by atoms with Crippen LogP contribution in [0, 0.1) is 11.3 Å².